The zero-order chi connectivity index (χ0) is 15.3. The first-order valence-corrected chi connectivity index (χ1v) is 6.83. The number of carbonyl (C=O) groups excluding carboxylic acids is 2. The molecule has 112 valence electrons. The molecule has 20 heavy (non-hydrogen) atoms. The largest absolute Gasteiger partial charge is 0.480 e. The molecule has 6 heteroatoms. The first-order valence-electron chi connectivity index (χ1n) is 6.83. The van der Waals surface area contributed by atoms with Gasteiger partial charge in [-0.3, -0.25) is 14.5 Å². The van der Waals surface area contributed by atoms with Crippen molar-refractivity contribution in [1.82, 2.24) is 9.80 Å². The number of amides is 2. The Kier molecular flexibility index (Phi) is 5.88. The number of unbranched alkanes of at least 4 members (excludes halogenated alkanes) is 1. The van der Waals surface area contributed by atoms with E-state index in [1.165, 1.54) is 0 Å². The van der Waals surface area contributed by atoms with Gasteiger partial charge in [-0.1, -0.05) is 0 Å². The highest BCUT2D eigenvalue weighted by molar-refractivity contribution is 6.14. The molecule has 1 heterocycles. The quantitative estimate of drug-likeness (QED) is 0.528. The van der Waals surface area contributed by atoms with Gasteiger partial charge in [-0.05, 0) is 46.7 Å². The lowest BCUT2D eigenvalue weighted by atomic mass is 10.1. The van der Waals surface area contributed by atoms with Crippen LogP contribution in [0.4, 0.5) is 0 Å². The fourth-order valence-corrected chi connectivity index (χ4v) is 2.04. The van der Waals surface area contributed by atoms with E-state index in [1.54, 1.807) is 0 Å². The Hall–Kier alpha value is -1.69. The zero-order valence-electron chi connectivity index (χ0n) is 12.2. The molecule has 1 rings (SSSR count). The van der Waals surface area contributed by atoms with Gasteiger partial charge in [0, 0.05) is 18.2 Å². The van der Waals surface area contributed by atoms with Crippen LogP contribution < -0.4 is 0 Å². The lowest BCUT2D eigenvalue weighted by Crippen LogP contribution is -2.45. The van der Waals surface area contributed by atoms with Gasteiger partial charge in [0.25, 0.3) is 11.8 Å². The molecule has 0 saturated heterocycles. The Morgan fingerprint density at radius 3 is 2.25 bits per heavy atom. The summed E-state index contributed by atoms with van der Waals surface area (Å²) in [5, 5.41) is 9.18. The van der Waals surface area contributed by atoms with E-state index in [2.05, 4.69) is 18.7 Å². The van der Waals surface area contributed by atoms with Crippen molar-refractivity contribution in [2.75, 3.05) is 13.6 Å². The summed E-state index contributed by atoms with van der Waals surface area (Å²) in [7, 11) is 2.01. The number of rotatable bonds is 8. The molecule has 0 saturated carbocycles. The number of carboxylic acids is 1. The molecular formula is C14H22N2O4. The third kappa shape index (κ3) is 4.16. The molecule has 0 fully saturated rings. The molecule has 1 aliphatic rings. The average molecular weight is 282 g/mol. The fourth-order valence-electron chi connectivity index (χ4n) is 2.04. The van der Waals surface area contributed by atoms with Crippen molar-refractivity contribution in [3.8, 4) is 0 Å². The Morgan fingerprint density at radius 1 is 1.25 bits per heavy atom. The number of imide groups is 1. The van der Waals surface area contributed by atoms with E-state index >= 15 is 0 Å². The molecule has 2 amide bonds. The standard InChI is InChI=1S/C14H22N2O4/c1-10(2)15(3)9-5-4-6-11(14(19)20)16-12(17)7-8-13(16)18/h7-8,10-11H,4-6,9H2,1-3H3,(H,19,20). The molecule has 0 spiro atoms. The summed E-state index contributed by atoms with van der Waals surface area (Å²) in [6.45, 7) is 5.05. The highest BCUT2D eigenvalue weighted by Gasteiger charge is 2.35. The number of hydrogen-bond acceptors (Lipinski definition) is 4. The van der Waals surface area contributed by atoms with Crippen LogP contribution in [0.15, 0.2) is 12.2 Å². The van der Waals surface area contributed by atoms with Gasteiger partial charge in [0.2, 0.25) is 0 Å². The van der Waals surface area contributed by atoms with Crippen LogP contribution in [0.3, 0.4) is 0 Å². The van der Waals surface area contributed by atoms with Crippen molar-refractivity contribution in [3.05, 3.63) is 12.2 Å². The van der Waals surface area contributed by atoms with Crippen molar-refractivity contribution in [1.29, 1.82) is 0 Å². The van der Waals surface area contributed by atoms with Gasteiger partial charge in [-0.2, -0.15) is 0 Å². The van der Waals surface area contributed by atoms with Gasteiger partial charge in [0.05, 0.1) is 0 Å². The topological polar surface area (TPSA) is 77.9 Å². The molecule has 1 unspecified atom stereocenters. The molecule has 0 aliphatic carbocycles. The monoisotopic (exact) mass is 282 g/mol. The predicted molar refractivity (Wildman–Crippen MR) is 74.0 cm³/mol. The number of aliphatic carboxylic acids is 1. The summed E-state index contributed by atoms with van der Waals surface area (Å²) in [6.07, 6.45) is 4.02. The molecule has 0 aromatic carbocycles. The zero-order valence-corrected chi connectivity index (χ0v) is 12.2. The molecule has 1 atom stereocenters. The van der Waals surface area contributed by atoms with Crippen LogP contribution in [0.5, 0.6) is 0 Å². The SMILES string of the molecule is CC(C)N(C)CCCCC(C(=O)O)N1C(=O)C=CC1=O. The number of carbonyl (C=O) groups is 3. The highest BCUT2D eigenvalue weighted by atomic mass is 16.4. The minimum atomic E-state index is -1.13. The minimum absolute atomic E-state index is 0.292. The summed E-state index contributed by atoms with van der Waals surface area (Å²) < 4.78 is 0. The Bertz CT molecular complexity index is 399. The van der Waals surface area contributed by atoms with Crippen LogP contribution in [-0.2, 0) is 14.4 Å². The third-order valence-corrected chi connectivity index (χ3v) is 3.56. The first-order chi connectivity index (χ1) is 9.34. The van der Waals surface area contributed by atoms with Crippen LogP contribution in [0.25, 0.3) is 0 Å². The van der Waals surface area contributed by atoms with E-state index in [0.717, 1.165) is 30.0 Å². The van der Waals surface area contributed by atoms with Crippen molar-refractivity contribution < 1.29 is 19.5 Å². The van der Waals surface area contributed by atoms with E-state index in [0.29, 0.717) is 18.9 Å². The number of carboxylic acid groups (broad SMARTS) is 1. The second-order valence-corrected chi connectivity index (χ2v) is 5.30. The van der Waals surface area contributed by atoms with Gasteiger partial charge in [0.15, 0.2) is 0 Å². The van der Waals surface area contributed by atoms with E-state index in [9.17, 15) is 19.5 Å². The first kappa shape index (κ1) is 16.4. The van der Waals surface area contributed by atoms with Crippen molar-refractivity contribution in [2.24, 2.45) is 0 Å². The van der Waals surface area contributed by atoms with Gasteiger partial charge in [0.1, 0.15) is 6.04 Å². The molecule has 0 radical (unpaired) electrons. The molecular weight excluding hydrogens is 260 g/mol. The molecule has 0 aromatic heterocycles. The molecule has 1 N–H and O–H groups in total. The average Bonchev–Trinajstić information content (AvgIpc) is 2.69. The summed E-state index contributed by atoms with van der Waals surface area (Å²) in [6, 6.07) is -0.620. The Balaban J connectivity index is 2.47. The van der Waals surface area contributed by atoms with E-state index < -0.39 is 23.8 Å². The van der Waals surface area contributed by atoms with E-state index in [1.807, 2.05) is 7.05 Å². The van der Waals surface area contributed by atoms with Crippen LogP contribution in [-0.4, -0.2) is 58.4 Å². The van der Waals surface area contributed by atoms with Gasteiger partial charge >= 0.3 is 5.97 Å². The van der Waals surface area contributed by atoms with Crippen LogP contribution in [0.2, 0.25) is 0 Å². The highest BCUT2D eigenvalue weighted by Crippen LogP contribution is 2.15. The van der Waals surface area contributed by atoms with E-state index in [-0.39, 0.29) is 0 Å². The smallest absolute Gasteiger partial charge is 0.326 e. The lowest BCUT2D eigenvalue weighted by molar-refractivity contribution is -0.153. The van der Waals surface area contributed by atoms with Crippen LogP contribution in [0, 0.1) is 0 Å². The van der Waals surface area contributed by atoms with Crippen molar-refractivity contribution in [3.63, 3.8) is 0 Å². The Labute approximate surface area is 119 Å². The summed E-state index contributed by atoms with van der Waals surface area (Å²) in [5.74, 6) is -2.21. The maximum Gasteiger partial charge on any atom is 0.326 e. The van der Waals surface area contributed by atoms with Gasteiger partial charge in [-0.25, -0.2) is 4.79 Å². The van der Waals surface area contributed by atoms with Gasteiger partial charge in [-0.15, -0.1) is 0 Å². The normalized spacial score (nSPS) is 16.6. The minimum Gasteiger partial charge on any atom is -0.480 e. The lowest BCUT2D eigenvalue weighted by Gasteiger charge is -2.24. The van der Waals surface area contributed by atoms with Crippen molar-refractivity contribution >= 4 is 17.8 Å². The predicted octanol–water partition coefficient (Wildman–Crippen LogP) is 0.875. The van der Waals surface area contributed by atoms with E-state index in [4.69, 9.17) is 0 Å². The molecule has 0 aromatic rings. The number of nitrogens with zero attached hydrogens (tertiary/aromatic N) is 2. The maximum atomic E-state index is 11.5. The number of hydrogen-bond donors (Lipinski definition) is 1. The summed E-state index contributed by atoms with van der Waals surface area (Å²) in [4.78, 5) is 37.2. The van der Waals surface area contributed by atoms with Crippen molar-refractivity contribution in [2.45, 2.75) is 45.2 Å². The second kappa shape index (κ2) is 7.19. The molecule has 0 bridgehead atoms. The second-order valence-electron chi connectivity index (χ2n) is 5.30. The summed E-state index contributed by atoms with van der Waals surface area (Å²) >= 11 is 0. The van der Waals surface area contributed by atoms with Crippen LogP contribution in [0.1, 0.15) is 33.1 Å². The Morgan fingerprint density at radius 2 is 1.80 bits per heavy atom. The summed E-state index contributed by atoms with van der Waals surface area (Å²) in [5.41, 5.74) is 0. The fraction of sp³-hybridized carbons (Fsp3) is 0.643. The molecule has 1 aliphatic heterocycles. The van der Waals surface area contributed by atoms with Crippen LogP contribution >= 0.6 is 0 Å². The maximum absolute atomic E-state index is 11.5. The third-order valence-electron chi connectivity index (χ3n) is 3.56. The van der Waals surface area contributed by atoms with Gasteiger partial charge < -0.3 is 10.0 Å². The molecule has 6 nitrogen and oxygen atoms in total.